The van der Waals surface area contributed by atoms with Crippen LogP contribution in [0.15, 0.2) is 24.3 Å². The Balaban J connectivity index is 2.48. The lowest BCUT2D eigenvalue weighted by Crippen LogP contribution is -2.06. The molecule has 0 aromatic heterocycles. The van der Waals surface area contributed by atoms with Crippen molar-refractivity contribution >= 4 is 13.3 Å². The first-order chi connectivity index (χ1) is 5.68. The van der Waals surface area contributed by atoms with Gasteiger partial charge < -0.3 is 4.74 Å². The van der Waals surface area contributed by atoms with Crippen LogP contribution in [0.5, 0.6) is 5.75 Å². The van der Waals surface area contributed by atoms with Gasteiger partial charge in [0, 0.05) is 0 Å². The maximum atomic E-state index is 5.53. The fourth-order valence-corrected chi connectivity index (χ4v) is 0.827. The lowest BCUT2D eigenvalue weighted by molar-refractivity contribution is 0.271. The normalized spacial score (nSPS) is 10.2. The van der Waals surface area contributed by atoms with Crippen LogP contribution in [0.2, 0.25) is 0 Å². The van der Waals surface area contributed by atoms with Crippen molar-refractivity contribution in [1.82, 2.24) is 0 Å². The average Bonchev–Trinajstić information content (AvgIpc) is 2.03. The minimum Gasteiger partial charge on any atom is -0.493 e. The summed E-state index contributed by atoms with van der Waals surface area (Å²) in [6, 6.07) is 7.46. The number of hydrogen-bond acceptors (Lipinski definition) is 1. The Hall–Kier alpha value is -0.915. The van der Waals surface area contributed by atoms with Crippen LogP contribution in [-0.4, -0.2) is 14.5 Å². The monoisotopic (exact) mass is 160 g/mol. The molecule has 0 spiro atoms. The Morgan fingerprint density at radius 3 is 2.33 bits per heavy atom. The highest BCUT2D eigenvalue weighted by molar-refractivity contribution is 6.32. The Kier molecular flexibility index (Phi) is 3.21. The summed E-state index contributed by atoms with van der Waals surface area (Å²) in [5.74, 6) is 1.44. The van der Waals surface area contributed by atoms with Crippen LogP contribution < -0.4 is 10.2 Å². The van der Waals surface area contributed by atoms with Gasteiger partial charge in [-0.3, -0.25) is 0 Å². The zero-order valence-electron chi connectivity index (χ0n) is 7.58. The molecule has 0 heterocycles. The van der Waals surface area contributed by atoms with Crippen LogP contribution in [0, 0.1) is 5.92 Å². The summed E-state index contributed by atoms with van der Waals surface area (Å²) in [4.78, 5) is 0. The standard InChI is InChI=1S/C10H13BO/c1-8(2)7-12-10-5-3-9(11)4-6-10/h3-6,8H,7H2,1-2H3. The van der Waals surface area contributed by atoms with E-state index in [4.69, 9.17) is 12.6 Å². The fourth-order valence-electron chi connectivity index (χ4n) is 0.827. The van der Waals surface area contributed by atoms with E-state index in [-0.39, 0.29) is 0 Å². The van der Waals surface area contributed by atoms with Gasteiger partial charge in [-0.2, -0.15) is 0 Å². The molecule has 0 atom stereocenters. The van der Waals surface area contributed by atoms with Crippen LogP contribution in [0.3, 0.4) is 0 Å². The quantitative estimate of drug-likeness (QED) is 0.609. The molecule has 0 aliphatic carbocycles. The van der Waals surface area contributed by atoms with E-state index in [0.717, 1.165) is 17.8 Å². The Labute approximate surface area is 75.2 Å². The summed E-state index contributed by atoms with van der Waals surface area (Å²) in [5.41, 5.74) is 0.770. The van der Waals surface area contributed by atoms with Crippen LogP contribution in [0.1, 0.15) is 13.8 Å². The zero-order chi connectivity index (χ0) is 8.97. The highest BCUT2D eigenvalue weighted by Crippen LogP contribution is 2.08. The second-order valence-electron chi connectivity index (χ2n) is 3.27. The number of ether oxygens (including phenoxy) is 1. The molecule has 1 aromatic rings. The Morgan fingerprint density at radius 2 is 1.83 bits per heavy atom. The van der Waals surface area contributed by atoms with Gasteiger partial charge in [-0.1, -0.05) is 31.4 Å². The Morgan fingerprint density at radius 1 is 1.25 bits per heavy atom. The number of rotatable bonds is 3. The third-order valence-electron chi connectivity index (χ3n) is 1.46. The van der Waals surface area contributed by atoms with Crippen LogP contribution in [-0.2, 0) is 0 Å². The largest absolute Gasteiger partial charge is 0.493 e. The lowest BCUT2D eigenvalue weighted by Gasteiger charge is -2.08. The second-order valence-corrected chi connectivity index (χ2v) is 3.27. The van der Waals surface area contributed by atoms with E-state index in [1.54, 1.807) is 0 Å². The van der Waals surface area contributed by atoms with Crippen LogP contribution in [0.4, 0.5) is 0 Å². The molecule has 1 nitrogen and oxygen atoms in total. The van der Waals surface area contributed by atoms with Gasteiger partial charge in [0.1, 0.15) is 13.6 Å². The van der Waals surface area contributed by atoms with Crippen molar-refractivity contribution in [2.24, 2.45) is 5.92 Å². The summed E-state index contributed by atoms with van der Waals surface area (Å²) in [6.45, 7) is 5.00. The molecular formula is C10H13BO. The van der Waals surface area contributed by atoms with Gasteiger partial charge in [-0.15, -0.1) is 0 Å². The van der Waals surface area contributed by atoms with Crippen molar-refractivity contribution in [1.29, 1.82) is 0 Å². The molecule has 0 aliphatic heterocycles. The Bertz CT molecular complexity index is 228. The van der Waals surface area contributed by atoms with Crippen molar-refractivity contribution in [2.75, 3.05) is 6.61 Å². The molecule has 0 saturated carbocycles. The van der Waals surface area contributed by atoms with Gasteiger partial charge in [-0.05, 0) is 18.1 Å². The smallest absolute Gasteiger partial charge is 0.119 e. The lowest BCUT2D eigenvalue weighted by atomic mass is 9.97. The molecule has 0 saturated heterocycles. The second kappa shape index (κ2) is 4.20. The summed E-state index contributed by atoms with van der Waals surface area (Å²) in [6.07, 6.45) is 0. The molecule has 62 valence electrons. The van der Waals surface area contributed by atoms with Gasteiger partial charge in [0.2, 0.25) is 0 Å². The van der Waals surface area contributed by atoms with Gasteiger partial charge >= 0.3 is 0 Å². The predicted octanol–water partition coefficient (Wildman–Crippen LogP) is 1.52. The maximum absolute atomic E-state index is 5.53. The first-order valence-electron chi connectivity index (χ1n) is 4.17. The third-order valence-corrected chi connectivity index (χ3v) is 1.46. The summed E-state index contributed by atoms with van der Waals surface area (Å²) >= 11 is 0. The topological polar surface area (TPSA) is 9.23 Å². The van der Waals surface area contributed by atoms with Crippen molar-refractivity contribution in [3.05, 3.63) is 24.3 Å². The SMILES string of the molecule is [B]c1ccc(OCC(C)C)cc1. The maximum Gasteiger partial charge on any atom is 0.119 e. The fraction of sp³-hybridized carbons (Fsp3) is 0.400. The van der Waals surface area contributed by atoms with E-state index in [1.165, 1.54) is 0 Å². The number of hydrogen-bond donors (Lipinski definition) is 0. The van der Waals surface area contributed by atoms with E-state index in [2.05, 4.69) is 13.8 Å². The third kappa shape index (κ3) is 2.99. The minimum atomic E-state index is 0.558. The van der Waals surface area contributed by atoms with E-state index in [1.807, 2.05) is 24.3 Å². The van der Waals surface area contributed by atoms with E-state index >= 15 is 0 Å². The van der Waals surface area contributed by atoms with Gasteiger partial charge in [0.15, 0.2) is 0 Å². The number of benzene rings is 1. The molecule has 12 heavy (non-hydrogen) atoms. The van der Waals surface area contributed by atoms with Crippen molar-refractivity contribution in [3.63, 3.8) is 0 Å². The average molecular weight is 160 g/mol. The highest BCUT2D eigenvalue weighted by atomic mass is 16.5. The summed E-state index contributed by atoms with van der Waals surface area (Å²) < 4.78 is 5.47. The molecule has 2 radical (unpaired) electrons. The molecule has 0 bridgehead atoms. The molecule has 1 aromatic carbocycles. The predicted molar refractivity (Wildman–Crippen MR) is 52.2 cm³/mol. The summed E-state index contributed by atoms with van der Waals surface area (Å²) in [7, 11) is 5.53. The molecule has 2 heteroatoms. The summed E-state index contributed by atoms with van der Waals surface area (Å²) in [5, 5.41) is 0. The van der Waals surface area contributed by atoms with Crippen LogP contribution in [0.25, 0.3) is 0 Å². The molecule has 0 N–H and O–H groups in total. The minimum absolute atomic E-state index is 0.558. The van der Waals surface area contributed by atoms with E-state index < -0.39 is 0 Å². The van der Waals surface area contributed by atoms with Gasteiger partial charge in [0.05, 0.1) is 6.61 Å². The van der Waals surface area contributed by atoms with Crippen LogP contribution >= 0.6 is 0 Å². The van der Waals surface area contributed by atoms with Crippen molar-refractivity contribution in [2.45, 2.75) is 13.8 Å². The molecule has 0 aliphatic rings. The van der Waals surface area contributed by atoms with E-state index in [0.29, 0.717) is 5.92 Å². The first-order valence-corrected chi connectivity index (χ1v) is 4.17. The zero-order valence-corrected chi connectivity index (χ0v) is 7.58. The van der Waals surface area contributed by atoms with E-state index in [9.17, 15) is 0 Å². The van der Waals surface area contributed by atoms with Gasteiger partial charge in [-0.25, -0.2) is 0 Å². The molecule has 0 unspecified atom stereocenters. The molecule has 0 amide bonds. The highest BCUT2D eigenvalue weighted by Gasteiger charge is 1.95. The van der Waals surface area contributed by atoms with Crippen molar-refractivity contribution in [3.8, 4) is 5.75 Å². The molecular weight excluding hydrogens is 147 g/mol. The van der Waals surface area contributed by atoms with Gasteiger partial charge in [0.25, 0.3) is 0 Å². The first kappa shape index (κ1) is 9.18. The molecule has 1 rings (SSSR count). The van der Waals surface area contributed by atoms with Crippen molar-refractivity contribution < 1.29 is 4.74 Å². The molecule has 0 fully saturated rings.